The third-order valence-corrected chi connectivity index (χ3v) is 4.57. The molecular formula is C13H25N3O2S. The summed E-state index contributed by atoms with van der Waals surface area (Å²) >= 11 is 0. The monoisotopic (exact) mass is 287 g/mol. The number of hydrogen-bond donors (Lipinski definition) is 2. The Morgan fingerprint density at radius 1 is 1.26 bits per heavy atom. The predicted octanol–water partition coefficient (Wildman–Crippen LogP) is 1.83. The van der Waals surface area contributed by atoms with Crippen LogP contribution in [0.2, 0.25) is 0 Å². The summed E-state index contributed by atoms with van der Waals surface area (Å²) < 4.78 is 28.7. The lowest BCUT2D eigenvalue weighted by Crippen LogP contribution is -2.24. The van der Waals surface area contributed by atoms with Crippen LogP contribution < -0.4 is 10.5 Å². The minimum absolute atomic E-state index is 0.310. The summed E-state index contributed by atoms with van der Waals surface area (Å²) in [5, 5.41) is 0. The minimum Gasteiger partial charge on any atom is -0.349 e. The highest BCUT2D eigenvalue weighted by Gasteiger charge is 2.16. The lowest BCUT2D eigenvalue weighted by molar-refractivity contribution is 0.573. The van der Waals surface area contributed by atoms with Crippen LogP contribution in [0.3, 0.4) is 0 Å². The number of rotatable bonds is 9. The zero-order valence-corrected chi connectivity index (χ0v) is 12.7. The van der Waals surface area contributed by atoms with E-state index in [0.717, 1.165) is 37.9 Å². The van der Waals surface area contributed by atoms with E-state index in [1.165, 1.54) is 0 Å². The Bertz CT molecular complexity index is 459. The van der Waals surface area contributed by atoms with Gasteiger partial charge < -0.3 is 10.3 Å². The summed E-state index contributed by atoms with van der Waals surface area (Å²) in [6.45, 7) is 5.66. The fraction of sp³-hybridized carbons (Fsp3) is 0.692. The van der Waals surface area contributed by atoms with Crippen LogP contribution in [0.5, 0.6) is 0 Å². The van der Waals surface area contributed by atoms with Crippen molar-refractivity contribution in [3.05, 3.63) is 18.0 Å². The summed E-state index contributed by atoms with van der Waals surface area (Å²) in [5.41, 5.74) is 6.44. The molecule has 0 amide bonds. The van der Waals surface area contributed by atoms with Gasteiger partial charge in [0.15, 0.2) is 0 Å². The van der Waals surface area contributed by atoms with Crippen LogP contribution in [0.25, 0.3) is 0 Å². The summed E-state index contributed by atoms with van der Waals surface area (Å²) in [5.74, 6) is 0. The number of nitrogens with one attached hydrogen (secondary N) is 1. The van der Waals surface area contributed by atoms with Crippen molar-refractivity contribution in [1.82, 2.24) is 9.29 Å². The molecule has 110 valence electrons. The average Bonchev–Trinajstić information content (AvgIpc) is 2.82. The van der Waals surface area contributed by atoms with Crippen molar-refractivity contribution in [3.63, 3.8) is 0 Å². The van der Waals surface area contributed by atoms with E-state index >= 15 is 0 Å². The Morgan fingerprint density at radius 2 is 2.00 bits per heavy atom. The van der Waals surface area contributed by atoms with Gasteiger partial charge in [0.25, 0.3) is 0 Å². The molecule has 5 nitrogen and oxygen atoms in total. The van der Waals surface area contributed by atoms with Gasteiger partial charge in [-0.25, -0.2) is 13.1 Å². The van der Waals surface area contributed by atoms with Crippen LogP contribution in [-0.2, 0) is 23.1 Å². The van der Waals surface area contributed by atoms with E-state index in [-0.39, 0.29) is 0 Å². The Kier molecular flexibility index (Phi) is 6.54. The number of nitrogens with two attached hydrogens (primary N) is 1. The van der Waals surface area contributed by atoms with Gasteiger partial charge >= 0.3 is 0 Å². The number of aromatic nitrogens is 1. The predicted molar refractivity (Wildman–Crippen MR) is 77.3 cm³/mol. The molecule has 0 aliphatic heterocycles. The molecule has 0 radical (unpaired) electrons. The lowest BCUT2D eigenvalue weighted by atomic mass is 10.2. The lowest BCUT2D eigenvalue weighted by Gasteiger charge is -2.04. The highest BCUT2D eigenvalue weighted by molar-refractivity contribution is 7.89. The summed E-state index contributed by atoms with van der Waals surface area (Å²) in [6.07, 6.45) is 5.88. The molecule has 0 fully saturated rings. The first kappa shape index (κ1) is 16.2. The Hall–Kier alpha value is -0.850. The molecular weight excluding hydrogens is 262 g/mol. The number of unbranched alkanes of at least 4 members (excludes halogenated alkanes) is 3. The van der Waals surface area contributed by atoms with Crippen molar-refractivity contribution in [2.45, 2.75) is 57.5 Å². The molecule has 0 aromatic carbocycles. The van der Waals surface area contributed by atoms with E-state index in [9.17, 15) is 8.42 Å². The van der Waals surface area contributed by atoms with Gasteiger partial charge in [-0.3, -0.25) is 0 Å². The number of aryl methyl sites for hydroxylation is 1. The molecule has 1 aromatic rings. The molecule has 1 aromatic heterocycles. The highest BCUT2D eigenvalue weighted by Crippen LogP contribution is 2.14. The third-order valence-electron chi connectivity index (χ3n) is 3.14. The van der Waals surface area contributed by atoms with Crippen LogP contribution in [-0.4, -0.2) is 19.5 Å². The van der Waals surface area contributed by atoms with E-state index < -0.39 is 10.0 Å². The van der Waals surface area contributed by atoms with Crippen molar-refractivity contribution >= 4 is 10.0 Å². The van der Waals surface area contributed by atoms with Crippen LogP contribution in [0.1, 0.15) is 45.2 Å². The fourth-order valence-corrected chi connectivity index (χ4v) is 3.12. The van der Waals surface area contributed by atoms with Crippen molar-refractivity contribution in [3.8, 4) is 0 Å². The van der Waals surface area contributed by atoms with Crippen molar-refractivity contribution in [2.75, 3.05) is 6.54 Å². The molecule has 3 N–H and O–H groups in total. The number of hydrogen-bond acceptors (Lipinski definition) is 3. The van der Waals surface area contributed by atoms with Gasteiger partial charge in [0.05, 0.1) is 4.90 Å². The standard InChI is InChI=1S/C13H25N3O2S/c1-3-5-6-7-8-15-19(17,18)13-9-12(10-14)16(4-2)11-13/h9,11,15H,3-8,10,14H2,1-2H3. The van der Waals surface area contributed by atoms with Gasteiger partial charge in [-0.15, -0.1) is 0 Å². The van der Waals surface area contributed by atoms with Gasteiger partial charge in [-0.2, -0.15) is 0 Å². The first-order chi connectivity index (χ1) is 9.05. The van der Waals surface area contributed by atoms with E-state index in [2.05, 4.69) is 11.6 Å². The maximum absolute atomic E-state index is 12.1. The molecule has 1 heterocycles. The van der Waals surface area contributed by atoms with E-state index in [1.54, 1.807) is 12.3 Å². The molecule has 0 aliphatic rings. The van der Waals surface area contributed by atoms with Crippen molar-refractivity contribution < 1.29 is 8.42 Å². The molecule has 0 saturated heterocycles. The first-order valence-corrected chi connectivity index (χ1v) is 8.42. The molecule has 0 saturated carbocycles. The smallest absolute Gasteiger partial charge is 0.242 e. The van der Waals surface area contributed by atoms with E-state index in [0.29, 0.717) is 18.0 Å². The van der Waals surface area contributed by atoms with E-state index in [1.807, 2.05) is 11.5 Å². The topological polar surface area (TPSA) is 77.1 Å². The van der Waals surface area contributed by atoms with Gasteiger partial charge in [-0.1, -0.05) is 26.2 Å². The number of sulfonamides is 1. The summed E-state index contributed by atoms with van der Waals surface area (Å²) in [6, 6.07) is 1.65. The molecule has 0 atom stereocenters. The average molecular weight is 287 g/mol. The second-order valence-electron chi connectivity index (χ2n) is 4.62. The second-order valence-corrected chi connectivity index (χ2v) is 6.38. The van der Waals surface area contributed by atoms with Crippen molar-refractivity contribution in [2.24, 2.45) is 5.73 Å². The number of nitrogens with zero attached hydrogens (tertiary/aromatic N) is 1. The van der Waals surface area contributed by atoms with Crippen LogP contribution in [0.4, 0.5) is 0 Å². The van der Waals surface area contributed by atoms with Gasteiger partial charge in [0.1, 0.15) is 0 Å². The van der Waals surface area contributed by atoms with Gasteiger partial charge in [0, 0.05) is 31.5 Å². The SMILES string of the molecule is CCCCCCNS(=O)(=O)c1cc(CN)n(CC)c1. The maximum atomic E-state index is 12.1. The van der Waals surface area contributed by atoms with Crippen molar-refractivity contribution in [1.29, 1.82) is 0 Å². The van der Waals surface area contributed by atoms with Crippen LogP contribution in [0.15, 0.2) is 17.2 Å². The Labute approximate surface area is 116 Å². The molecule has 19 heavy (non-hydrogen) atoms. The minimum atomic E-state index is -3.40. The van der Waals surface area contributed by atoms with E-state index in [4.69, 9.17) is 5.73 Å². The molecule has 0 unspecified atom stereocenters. The molecule has 1 rings (SSSR count). The largest absolute Gasteiger partial charge is 0.349 e. The van der Waals surface area contributed by atoms with Gasteiger partial charge in [0.2, 0.25) is 10.0 Å². The molecule has 0 aliphatic carbocycles. The summed E-state index contributed by atoms with van der Waals surface area (Å²) in [7, 11) is -3.40. The van der Waals surface area contributed by atoms with Crippen LogP contribution >= 0.6 is 0 Å². The zero-order chi connectivity index (χ0) is 14.3. The first-order valence-electron chi connectivity index (χ1n) is 6.94. The Balaban J connectivity index is 2.64. The second kappa shape index (κ2) is 7.67. The quantitative estimate of drug-likeness (QED) is 0.680. The zero-order valence-electron chi connectivity index (χ0n) is 11.9. The van der Waals surface area contributed by atoms with Crippen LogP contribution in [0, 0.1) is 0 Å². The third kappa shape index (κ3) is 4.63. The Morgan fingerprint density at radius 3 is 2.53 bits per heavy atom. The molecule has 0 bridgehead atoms. The fourth-order valence-electron chi connectivity index (χ4n) is 1.98. The molecule has 0 spiro atoms. The van der Waals surface area contributed by atoms with Gasteiger partial charge in [-0.05, 0) is 19.4 Å². The summed E-state index contributed by atoms with van der Waals surface area (Å²) in [4.78, 5) is 0.310. The normalized spacial score (nSPS) is 11.9. The highest BCUT2D eigenvalue weighted by atomic mass is 32.2. The molecule has 6 heteroatoms. The maximum Gasteiger partial charge on any atom is 0.242 e.